The molecule has 0 amide bonds. The van der Waals surface area contributed by atoms with Gasteiger partial charge in [-0.3, -0.25) is 0 Å². The minimum Gasteiger partial charge on any atom is -0.352 e. The van der Waals surface area contributed by atoms with Crippen molar-refractivity contribution in [1.82, 2.24) is 5.32 Å². The average molecular weight is 187 g/mol. The molecule has 1 aliphatic carbocycles. The van der Waals surface area contributed by atoms with Crippen LogP contribution in [0.2, 0.25) is 0 Å². The molecule has 1 rings (SSSR count). The van der Waals surface area contributed by atoms with Crippen LogP contribution in [0.4, 0.5) is 0 Å². The van der Waals surface area contributed by atoms with Crippen LogP contribution in [0.5, 0.6) is 0 Å². The fourth-order valence-electron chi connectivity index (χ4n) is 1.23. The zero-order valence-corrected chi connectivity index (χ0v) is 8.93. The maximum atomic E-state index is 5.42. The summed E-state index contributed by atoms with van der Waals surface area (Å²) in [6.45, 7) is 8.45. The lowest BCUT2D eigenvalue weighted by atomic mass is 10.3. The van der Waals surface area contributed by atoms with Gasteiger partial charge in [-0.15, -0.1) is 0 Å². The molecule has 13 heavy (non-hydrogen) atoms. The highest BCUT2D eigenvalue weighted by Crippen LogP contribution is 2.34. The van der Waals surface area contributed by atoms with Crippen LogP contribution >= 0.6 is 0 Å². The van der Waals surface area contributed by atoms with E-state index in [1.807, 2.05) is 13.8 Å². The quantitative estimate of drug-likeness (QED) is 0.613. The lowest BCUT2D eigenvalue weighted by molar-refractivity contribution is -0.134. The Bertz CT molecular complexity index is 140. The van der Waals surface area contributed by atoms with Crippen molar-refractivity contribution in [2.45, 2.75) is 45.4 Å². The number of hydrogen-bond acceptors (Lipinski definition) is 3. The van der Waals surface area contributed by atoms with Crippen LogP contribution in [0.1, 0.15) is 33.6 Å². The van der Waals surface area contributed by atoms with Gasteiger partial charge in [-0.2, -0.15) is 0 Å². The van der Waals surface area contributed by atoms with Crippen LogP contribution in [0.15, 0.2) is 0 Å². The van der Waals surface area contributed by atoms with E-state index in [0.717, 1.165) is 6.54 Å². The molecule has 0 bridgehead atoms. The van der Waals surface area contributed by atoms with E-state index in [9.17, 15) is 0 Å². The number of ether oxygens (including phenoxy) is 2. The van der Waals surface area contributed by atoms with Crippen LogP contribution in [-0.2, 0) is 9.47 Å². The molecule has 0 saturated heterocycles. The highest BCUT2D eigenvalue weighted by atomic mass is 16.7. The van der Waals surface area contributed by atoms with Crippen molar-refractivity contribution >= 4 is 0 Å². The number of hydrogen-bond donors (Lipinski definition) is 1. The Kier molecular flexibility index (Phi) is 4.16. The first-order chi connectivity index (χ1) is 6.20. The SMILES string of the molecule is CCOC(CNC1(C)CC1)OCC. The van der Waals surface area contributed by atoms with Gasteiger partial charge in [0.1, 0.15) is 0 Å². The van der Waals surface area contributed by atoms with Crippen molar-refractivity contribution in [3.05, 3.63) is 0 Å². The minimum atomic E-state index is -0.0765. The monoisotopic (exact) mass is 187 g/mol. The van der Waals surface area contributed by atoms with E-state index in [2.05, 4.69) is 12.2 Å². The summed E-state index contributed by atoms with van der Waals surface area (Å²) in [5, 5.41) is 3.45. The normalized spacial score (nSPS) is 19.4. The first kappa shape index (κ1) is 11.0. The standard InChI is InChI=1S/C10H21NO2/c1-4-12-9(13-5-2)8-11-10(3)6-7-10/h9,11H,4-8H2,1-3H3. The molecular formula is C10H21NO2. The van der Waals surface area contributed by atoms with Crippen LogP contribution < -0.4 is 5.32 Å². The second-order valence-corrected chi connectivity index (χ2v) is 3.78. The molecule has 0 heterocycles. The Balaban J connectivity index is 2.13. The molecule has 0 aromatic heterocycles. The predicted molar refractivity (Wildman–Crippen MR) is 52.7 cm³/mol. The van der Waals surface area contributed by atoms with Gasteiger partial charge in [-0.1, -0.05) is 0 Å². The van der Waals surface area contributed by atoms with Crippen LogP contribution in [0, 0.1) is 0 Å². The Morgan fingerprint density at radius 1 is 1.23 bits per heavy atom. The van der Waals surface area contributed by atoms with E-state index >= 15 is 0 Å². The van der Waals surface area contributed by atoms with Crippen LogP contribution in [0.3, 0.4) is 0 Å². The molecule has 1 N–H and O–H groups in total. The van der Waals surface area contributed by atoms with Gasteiger partial charge in [0.25, 0.3) is 0 Å². The van der Waals surface area contributed by atoms with Gasteiger partial charge in [-0.25, -0.2) is 0 Å². The molecule has 0 atom stereocenters. The van der Waals surface area contributed by atoms with Crippen molar-refractivity contribution in [3.63, 3.8) is 0 Å². The second-order valence-electron chi connectivity index (χ2n) is 3.78. The van der Waals surface area contributed by atoms with Crippen LogP contribution in [-0.4, -0.2) is 31.6 Å². The topological polar surface area (TPSA) is 30.5 Å². The van der Waals surface area contributed by atoms with Gasteiger partial charge in [0.2, 0.25) is 0 Å². The van der Waals surface area contributed by atoms with Crippen molar-refractivity contribution in [1.29, 1.82) is 0 Å². The minimum absolute atomic E-state index is 0.0765. The van der Waals surface area contributed by atoms with E-state index < -0.39 is 0 Å². The van der Waals surface area contributed by atoms with E-state index in [1.165, 1.54) is 12.8 Å². The lowest BCUT2D eigenvalue weighted by Gasteiger charge is -2.20. The maximum absolute atomic E-state index is 5.42. The zero-order chi connectivity index (χ0) is 9.73. The van der Waals surface area contributed by atoms with Crippen molar-refractivity contribution in [2.75, 3.05) is 19.8 Å². The third-order valence-electron chi connectivity index (χ3n) is 2.40. The molecule has 1 saturated carbocycles. The summed E-state index contributed by atoms with van der Waals surface area (Å²) in [5.41, 5.74) is 0.368. The number of rotatable bonds is 7. The summed E-state index contributed by atoms with van der Waals surface area (Å²) in [5.74, 6) is 0. The highest BCUT2D eigenvalue weighted by Gasteiger charge is 2.37. The molecule has 0 spiro atoms. The highest BCUT2D eigenvalue weighted by molar-refractivity contribution is 4.97. The van der Waals surface area contributed by atoms with Gasteiger partial charge in [0.05, 0.1) is 0 Å². The van der Waals surface area contributed by atoms with E-state index in [0.29, 0.717) is 18.8 Å². The second kappa shape index (κ2) is 4.94. The summed E-state index contributed by atoms with van der Waals surface area (Å²) >= 11 is 0. The van der Waals surface area contributed by atoms with Crippen molar-refractivity contribution in [3.8, 4) is 0 Å². The summed E-state index contributed by atoms with van der Waals surface area (Å²) in [7, 11) is 0. The first-order valence-corrected chi connectivity index (χ1v) is 5.18. The summed E-state index contributed by atoms with van der Waals surface area (Å²) in [6.07, 6.45) is 2.48. The van der Waals surface area contributed by atoms with Gasteiger partial charge >= 0.3 is 0 Å². The van der Waals surface area contributed by atoms with Gasteiger partial charge in [0, 0.05) is 25.3 Å². The van der Waals surface area contributed by atoms with Gasteiger partial charge < -0.3 is 14.8 Å². The molecule has 0 unspecified atom stereocenters. The fraction of sp³-hybridized carbons (Fsp3) is 1.00. The first-order valence-electron chi connectivity index (χ1n) is 5.18. The van der Waals surface area contributed by atoms with E-state index in [-0.39, 0.29) is 6.29 Å². The molecule has 1 fully saturated rings. The van der Waals surface area contributed by atoms with E-state index in [1.54, 1.807) is 0 Å². The summed E-state index contributed by atoms with van der Waals surface area (Å²) in [4.78, 5) is 0. The zero-order valence-electron chi connectivity index (χ0n) is 8.93. The predicted octanol–water partition coefficient (Wildman–Crippen LogP) is 1.53. The Labute approximate surface area is 80.8 Å². The molecule has 0 aliphatic heterocycles. The largest absolute Gasteiger partial charge is 0.352 e. The Hall–Kier alpha value is -0.120. The molecular weight excluding hydrogens is 166 g/mol. The molecule has 0 aromatic carbocycles. The Morgan fingerprint density at radius 2 is 1.77 bits per heavy atom. The fourth-order valence-corrected chi connectivity index (χ4v) is 1.23. The average Bonchev–Trinajstić information content (AvgIpc) is 2.82. The molecule has 0 aromatic rings. The van der Waals surface area contributed by atoms with Crippen molar-refractivity contribution < 1.29 is 9.47 Å². The molecule has 1 aliphatic rings. The Morgan fingerprint density at radius 3 is 2.15 bits per heavy atom. The smallest absolute Gasteiger partial charge is 0.169 e. The third kappa shape index (κ3) is 4.07. The van der Waals surface area contributed by atoms with E-state index in [4.69, 9.17) is 9.47 Å². The van der Waals surface area contributed by atoms with Gasteiger partial charge in [0.15, 0.2) is 6.29 Å². The maximum Gasteiger partial charge on any atom is 0.169 e. The summed E-state index contributed by atoms with van der Waals surface area (Å²) in [6, 6.07) is 0. The molecule has 0 radical (unpaired) electrons. The molecule has 78 valence electrons. The summed E-state index contributed by atoms with van der Waals surface area (Å²) < 4.78 is 10.8. The number of nitrogens with one attached hydrogen (secondary N) is 1. The third-order valence-corrected chi connectivity index (χ3v) is 2.40. The van der Waals surface area contributed by atoms with Crippen LogP contribution in [0.25, 0.3) is 0 Å². The van der Waals surface area contributed by atoms with Crippen molar-refractivity contribution in [2.24, 2.45) is 0 Å². The van der Waals surface area contributed by atoms with Gasteiger partial charge in [-0.05, 0) is 33.6 Å². The lowest BCUT2D eigenvalue weighted by Crippen LogP contribution is -2.37. The molecule has 3 nitrogen and oxygen atoms in total. The molecule has 3 heteroatoms.